The average molecular weight is 899 g/mol. The first-order valence-corrected chi connectivity index (χ1v) is 27.6. The molecule has 0 bridgehead atoms. The van der Waals surface area contributed by atoms with Crippen LogP contribution in [0.25, 0.3) is 0 Å². The highest BCUT2D eigenvalue weighted by Crippen LogP contribution is 2.43. The number of rotatable bonds is 48. The molecule has 0 radical (unpaired) electrons. The molecule has 9 nitrogen and oxygen atoms in total. The van der Waals surface area contributed by atoms with Gasteiger partial charge in [0.2, 0.25) is 0 Å². The van der Waals surface area contributed by atoms with E-state index in [4.69, 9.17) is 18.5 Å². The monoisotopic (exact) mass is 899 g/mol. The van der Waals surface area contributed by atoms with Gasteiger partial charge in [0.05, 0.1) is 27.7 Å². The lowest BCUT2D eigenvalue weighted by molar-refractivity contribution is -0.870. The Bertz CT molecular complexity index is 1110. The lowest BCUT2D eigenvalue weighted by atomic mass is 10.0. The van der Waals surface area contributed by atoms with Crippen LogP contribution in [-0.2, 0) is 32.7 Å². The van der Waals surface area contributed by atoms with Gasteiger partial charge >= 0.3 is 19.8 Å². The Balaban J connectivity index is 4.22. The van der Waals surface area contributed by atoms with E-state index >= 15 is 0 Å². The van der Waals surface area contributed by atoms with Crippen molar-refractivity contribution in [2.24, 2.45) is 0 Å². The van der Waals surface area contributed by atoms with Crippen molar-refractivity contribution in [3.63, 3.8) is 0 Å². The summed E-state index contributed by atoms with van der Waals surface area (Å²) in [5, 5.41) is 0. The number of likely N-dealkylation sites (N-methyl/N-ethyl adjacent to an activating group) is 1. The lowest BCUT2D eigenvalue weighted by Crippen LogP contribution is -2.37. The summed E-state index contributed by atoms with van der Waals surface area (Å²) < 4.78 is 34.2. The van der Waals surface area contributed by atoms with Crippen molar-refractivity contribution in [1.82, 2.24) is 0 Å². The molecule has 0 fully saturated rings. The van der Waals surface area contributed by atoms with Crippen molar-refractivity contribution in [1.29, 1.82) is 0 Å². The first kappa shape index (κ1) is 60.5. The van der Waals surface area contributed by atoms with Gasteiger partial charge in [-0.05, 0) is 19.3 Å². The SMILES string of the molecule is CCCCCCCCCCCCC/C=C/C=C/C(=O)O[C@@H](COC(=O)CCCCCCCCCCCCCCCCCCCCCCCCC)COP(=O)(O)OCC[N+](C)(C)C. The maximum atomic E-state index is 12.6. The number of esters is 2. The predicted molar refractivity (Wildman–Crippen MR) is 261 cm³/mol. The Morgan fingerprint density at radius 3 is 1.32 bits per heavy atom. The molecular weight excluding hydrogens is 798 g/mol. The molecule has 62 heavy (non-hydrogen) atoms. The molecule has 0 aliphatic rings. The molecule has 366 valence electrons. The highest BCUT2D eigenvalue weighted by Gasteiger charge is 2.26. The number of allylic oxidation sites excluding steroid dienone is 3. The summed E-state index contributed by atoms with van der Waals surface area (Å²) in [5.41, 5.74) is 0. The molecule has 0 spiro atoms. The molecule has 0 heterocycles. The summed E-state index contributed by atoms with van der Waals surface area (Å²) in [6.45, 7) is 4.34. The summed E-state index contributed by atoms with van der Waals surface area (Å²) in [6, 6.07) is 0. The fourth-order valence-electron chi connectivity index (χ4n) is 7.51. The molecule has 0 aromatic heterocycles. The van der Waals surface area contributed by atoms with Crippen molar-refractivity contribution in [3.05, 3.63) is 24.3 Å². The summed E-state index contributed by atoms with van der Waals surface area (Å²) in [5.74, 6) is -1.04. The second-order valence-electron chi connectivity index (χ2n) is 19.0. The van der Waals surface area contributed by atoms with Crippen molar-refractivity contribution in [3.8, 4) is 0 Å². The molecule has 2 atom stereocenters. The minimum Gasteiger partial charge on any atom is -0.462 e. The third kappa shape index (κ3) is 48.0. The van der Waals surface area contributed by atoms with Crippen molar-refractivity contribution >= 4 is 19.8 Å². The number of hydrogen-bond acceptors (Lipinski definition) is 7. The molecule has 0 rings (SSSR count). The summed E-state index contributed by atoms with van der Waals surface area (Å²) >= 11 is 0. The van der Waals surface area contributed by atoms with Crippen LogP contribution in [0.5, 0.6) is 0 Å². The zero-order chi connectivity index (χ0) is 45.7. The van der Waals surface area contributed by atoms with Gasteiger partial charge in [-0.25, -0.2) is 9.36 Å². The van der Waals surface area contributed by atoms with Crippen molar-refractivity contribution in [2.45, 2.75) is 251 Å². The quantitative estimate of drug-likeness (QED) is 0.0161. The Kier molecular flexibility index (Phi) is 43.6. The van der Waals surface area contributed by atoms with Gasteiger partial charge in [-0.15, -0.1) is 0 Å². The van der Waals surface area contributed by atoms with Gasteiger partial charge in [-0.3, -0.25) is 13.8 Å². The van der Waals surface area contributed by atoms with Gasteiger partial charge in [0.15, 0.2) is 6.10 Å². The fraction of sp³-hybridized carbons (Fsp3) is 0.885. The Morgan fingerprint density at radius 2 is 0.919 bits per heavy atom. The maximum absolute atomic E-state index is 12.6. The first-order chi connectivity index (χ1) is 30.0. The third-order valence-electron chi connectivity index (χ3n) is 11.6. The fourth-order valence-corrected chi connectivity index (χ4v) is 8.25. The van der Waals surface area contributed by atoms with Crippen molar-refractivity contribution in [2.75, 3.05) is 47.5 Å². The number of quaternary nitrogens is 1. The summed E-state index contributed by atoms with van der Waals surface area (Å²) in [4.78, 5) is 35.4. The Labute approximate surface area is 383 Å². The van der Waals surface area contributed by atoms with E-state index in [2.05, 4.69) is 13.8 Å². The predicted octanol–water partition coefficient (Wildman–Crippen LogP) is 15.5. The third-order valence-corrected chi connectivity index (χ3v) is 12.6. The number of hydrogen-bond donors (Lipinski definition) is 1. The second-order valence-corrected chi connectivity index (χ2v) is 20.4. The molecule has 10 heteroatoms. The Hall–Kier alpha value is -1.51. The van der Waals surface area contributed by atoms with E-state index in [0.717, 1.165) is 32.1 Å². The summed E-state index contributed by atoms with van der Waals surface area (Å²) in [7, 11) is 1.44. The smallest absolute Gasteiger partial charge is 0.462 e. The van der Waals surface area contributed by atoms with Crippen LogP contribution >= 0.6 is 7.82 Å². The molecule has 0 saturated carbocycles. The standard InChI is InChI=1S/C52H100NO8P/c1-6-8-10-12-14-16-18-20-22-23-24-25-26-27-28-29-31-32-34-36-38-40-42-44-51(54)58-48-50(49-60-62(56,57)59-47-46-53(3,4)5)61-52(55)45-43-41-39-37-35-33-30-21-19-17-15-13-11-9-7-2/h39,41,43,45,50H,6-38,40,42,44,46-49H2,1-5H3/p+1/b41-39+,45-43+/t50-/m0/s1. The van der Waals surface area contributed by atoms with Gasteiger partial charge in [-0.1, -0.05) is 238 Å². The van der Waals surface area contributed by atoms with Crippen molar-refractivity contribution < 1.29 is 42.1 Å². The minimum absolute atomic E-state index is 0.0184. The zero-order valence-corrected chi connectivity index (χ0v) is 42.3. The average Bonchev–Trinajstić information content (AvgIpc) is 3.23. The number of carbonyl (C=O) groups excluding carboxylic acids is 2. The highest BCUT2D eigenvalue weighted by atomic mass is 31.2. The van der Waals surface area contributed by atoms with Crippen LogP contribution < -0.4 is 0 Å². The van der Waals surface area contributed by atoms with Crippen LogP contribution in [-0.4, -0.2) is 74.9 Å². The Morgan fingerprint density at radius 1 is 0.532 bits per heavy atom. The van der Waals surface area contributed by atoms with Crippen LogP contribution in [0.15, 0.2) is 24.3 Å². The lowest BCUT2D eigenvalue weighted by Gasteiger charge is -2.24. The van der Waals surface area contributed by atoms with E-state index in [1.807, 2.05) is 33.3 Å². The summed E-state index contributed by atoms with van der Waals surface area (Å²) in [6.07, 6.45) is 51.6. The van der Waals surface area contributed by atoms with E-state index in [9.17, 15) is 19.0 Å². The minimum atomic E-state index is -4.40. The van der Waals surface area contributed by atoms with Crippen LogP contribution in [0.4, 0.5) is 0 Å². The molecule has 1 unspecified atom stereocenters. The van der Waals surface area contributed by atoms with Gasteiger partial charge in [-0.2, -0.15) is 0 Å². The normalized spacial score (nSPS) is 13.6. The second kappa shape index (κ2) is 44.7. The number of ether oxygens (including phenoxy) is 2. The molecular formula is C52H101NO8P+. The molecule has 0 saturated heterocycles. The first-order valence-electron chi connectivity index (χ1n) is 26.1. The van der Waals surface area contributed by atoms with E-state index < -0.39 is 26.5 Å². The molecule has 0 aliphatic heterocycles. The van der Waals surface area contributed by atoms with Gasteiger partial charge in [0, 0.05) is 12.5 Å². The van der Waals surface area contributed by atoms with Crippen LogP contribution in [0.3, 0.4) is 0 Å². The van der Waals surface area contributed by atoms with Crippen LogP contribution in [0, 0.1) is 0 Å². The number of nitrogens with zero attached hydrogens (tertiary/aromatic N) is 1. The molecule has 0 aliphatic carbocycles. The van der Waals surface area contributed by atoms with Gasteiger partial charge in [0.25, 0.3) is 0 Å². The number of phosphoric ester groups is 1. The maximum Gasteiger partial charge on any atom is 0.472 e. The molecule has 0 aromatic rings. The van der Waals surface area contributed by atoms with E-state index in [1.54, 1.807) is 6.08 Å². The van der Waals surface area contributed by atoms with Gasteiger partial charge < -0.3 is 18.9 Å². The van der Waals surface area contributed by atoms with Crippen LogP contribution in [0.2, 0.25) is 0 Å². The zero-order valence-electron chi connectivity index (χ0n) is 41.4. The number of unbranched alkanes of at least 4 members (excludes halogenated alkanes) is 33. The van der Waals surface area contributed by atoms with Gasteiger partial charge in [0.1, 0.15) is 19.8 Å². The van der Waals surface area contributed by atoms with E-state index in [0.29, 0.717) is 11.0 Å². The largest absolute Gasteiger partial charge is 0.472 e. The molecule has 1 N–H and O–H groups in total. The topological polar surface area (TPSA) is 108 Å². The molecule has 0 aromatic carbocycles. The van der Waals surface area contributed by atoms with E-state index in [1.165, 1.54) is 199 Å². The van der Waals surface area contributed by atoms with E-state index in [-0.39, 0.29) is 25.6 Å². The van der Waals surface area contributed by atoms with Crippen LogP contribution in [0.1, 0.15) is 245 Å². The highest BCUT2D eigenvalue weighted by molar-refractivity contribution is 7.47. The number of carbonyl (C=O) groups is 2. The number of phosphoric acid groups is 1. The molecule has 0 amide bonds.